The van der Waals surface area contributed by atoms with Crippen molar-refractivity contribution in [1.29, 1.82) is 0 Å². The molecule has 5 rings (SSSR count). The van der Waals surface area contributed by atoms with E-state index in [2.05, 4.69) is 81.6 Å². The zero-order chi connectivity index (χ0) is 31.6. The molecule has 45 heavy (non-hydrogen) atoms. The maximum atomic E-state index is 12.6. The fourth-order valence-corrected chi connectivity index (χ4v) is 5.28. The fraction of sp³-hybridized carbons (Fsp3) is 0.343. The molecule has 0 spiro atoms. The van der Waals surface area contributed by atoms with Crippen LogP contribution in [0.2, 0.25) is 0 Å². The highest BCUT2D eigenvalue weighted by Gasteiger charge is 2.15. The third kappa shape index (κ3) is 8.71. The van der Waals surface area contributed by atoms with Crippen LogP contribution in [0.15, 0.2) is 72.9 Å². The smallest absolute Gasteiger partial charge is 0.412 e. The summed E-state index contributed by atoms with van der Waals surface area (Å²) in [5, 5.41) is 5.86. The van der Waals surface area contributed by atoms with E-state index in [-0.39, 0.29) is 6.61 Å². The van der Waals surface area contributed by atoms with Crippen LogP contribution in [0.1, 0.15) is 16.7 Å². The van der Waals surface area contributed by atoms with Crippen molar-refractivity contribution in [3.05, 3.63) is 89.6 Å². The van der Waals surface area contributed by atoms with Gasteiger partial charge in [-0.15, -0.1) is 0 Å². The fourth-order valence-electron chi connectivity index (χ4n) is 5.28. The number of anilines is 3. The zero-order valence-corrected chi connectivity index (χ0v) is 26.5. The molecule has 0 saturated carbocycles. The summed E-state index contributed by atoms with van der Waals surface area (Å²) >= 11 is 0. The minimum atomic E-state index is -0.580. The molecule has 1 aliphatic rings. The molecule has 1 amide bonds. The van der Waals surface area contributed by atoms with Gasteiger partial charge < -0.3 is 24.4 Å². The molecule has 2 N–H and O–H groups in total. The van der Waals surface area contributed by atoms with Crippen molar-refractivity contribution in [3.8, 4) is 22.6 Å². The Labute approximate surface area is 265 Å². The number of aryl methyl sites for hydroxylation is 1. The van der Waals surface area contributed by atoms with Gasteiger partial charge in [0.05, 0.1) is 13.7 Å². The molecule has 10 heteroatoms. The molecule has 0 unspecified atom stereocenters. The summed E-state index contributed by atoms with van der Waals surface area (Å²) in [5.74, 6) is 1.92. The number of aromatic nitrogens is 2. The number of amides is 1. The Morgan fingerprint density at radius 2 is 1.71 bits per heavy atom. The molecule has 0 bridgehead atoms. The van der Waals surface area contributed by atoms with Crippen molar-refractivity contribution < 1.29 is 19.0 Å². The summed E-state index contributed by atoms with van der Waals surface area (Å²) in [6, 6.07) is 21.7. The molecule has 2 heterocycles. The number of ether oxygens (including phenoxy) is 3. The summed E-state index contributed by atoms with van der Waals surface area (Å²) in [5.41, 5.74) is 6.67. The predicted octanol–water partition coefficient (Wildman–Crippen LogP) is 5.93. The van der Waals surface area contributed by atoms with Gasteiger partial charge >= 0.3 is 6.09 Å². The van der Waals surface area contributed by atoms with E-state index >= 15 is 0 Å². The molecule has 0 radical (unpaired) electrons. The number of rotatable bonds is 12. The lowest BCUT2D eigenvalue weighted by Gasteiger charge is -2.32. The number of likely N-dealkylation sites (N-methyl/N-ethyl adjacent to an activating group) is 1. The summed E-state index contributed by atoms with van der Waals surface area (Å²) in [7, 11) is 3.76. The van der Waals surface area contributed by atoms with E-state index in [4.69, 9.17) is 14.2 Å². The molecule has 10 nitrogen and oxygen atoms in total. The molecule has 1 aliphatic heterocycles. The van der Waals surface area contributed by atoms with Gasteiger partial charge in [0.2, 0.25) is 5.95 Å². The third-order valence-electron chi connectivity index (χ3n) is 8.08. The highest BCUT2D eigenvalue weighted by Crippen LogP contribution is 2.31. The number of hydrogen-bond donors (Lipinski definition) is 2. The second-order valence-corrected chi connectivity index (χ2v) is 11.2. The highest BCUT2D eigenvalue weighted by atomic mass is 16.5. The van der Waals surface area contributed by atoms with E-state index in [1.165, 1.54) is 16.7 Å². The molecule has 1 saturated heterocycles. The largest absolute Gasteiger partial charge is 0.493 e. The van der Waals surface area contributed by atoms with E-state index in [1.54, 1.807) is 19.4 Å². The maximum absolute atomic E-state index is 12.6. The second-order valence-electron chi connectivity index (χ2n) is 11.2. The van der Waals surface area contributed by atoms with Crippen LogP contribution in [0.5, 0.6) is 11.5 Å². The van der Waals surface area contributed by atoms with Crippen molar-refractivity contribution in [2.45, 2.75) is 20.3 Å². The van der Waals surface area contributed by atoms with Crippen LogP contribution < -0.4 is 20.1 Å². The first kappa shape index (κ1) is 31.7. The first-order valence-electron chi connectivity index (χ1n) is 15.3. The lowest BCUT2D eigenvalue weighted by atomic mass is 9.92. The van der Waals surface area contributed by atoms with Crippen LogP contribution in [-0.4, -0.2) is 86.0 Å². The predicted molar refractivity (Wildman–Crippen MR) is 178 cm³/mol. The number of nitrogens with one attached hydrogen (secondary N) is 2. The lowest BCUT2D eigenvalue weighted by Crippen LogP contribution is -2.45. The summed E-state index contributed by atoms with van der Waals surface area (Å²) in [4.78, 5) is 26.0. The molecule has 0 aliphatic carbocycles. The van der Waals surface area contributed by atoms with Crippen LogP contribution in [0.4, 0.5) is 22.2 Å². The van der Waals surface area contributed by atoms with Gasteiger partial charge in [-0.2, -0.15) is 4.98 Å². The van der Waals surface area contributed by atoms with Crippen molar-refractivity contribution in [1.82, 2.24) is 19.8 Å². The Bertz CT molecular complexity index is 1590. The quantitative estimate of drug-likeness (QED) is 0.202. The van der Waals surface area contributed by atoms with E-state index < -0.39 is 6.09 Å². The Hall–Kier alpha value is -4.67. The molecular weight excluding hydrogens is 568 g/mol. The number of nitrogens with zero attached hydrogens (tertiary/aromatic N) is 4. The number of carbonyl (C=O) groups excluding carboxylic acids is 1. The first-order valence-corrected chi connectivity index (χ1v) is 15.3. The number of hydrogen-bond acceptors (Lipinski definition) is 9. The van der Waals surface area contributed by atoms with Crippen LogP contribution in [0.25, 0.3) is 11.1 Å². The Morgan fingerprint density at radius 3 is 2.53 bits per heavy atom. The first-order chi connectivity index (χ1) is 21.9. The van der Waals surface area contributed by atoms with Gasteiger partial charge in [-0.1, -0.05) is 42.5 Å². The average Bonchev–Trinajstić information content (AvgIpc) is 3.04. The van der Waals surface area contributed by atoms with Crippen LogP contribution >= 0.6 is 0 Å². The van der Waals surface area contributed by atoms with Crippen LogP contribution in [0, 0.1) is 13.8 Å². The Kier molecular flexibility index (Phi) is 10.8. The SMILES string of the molecule is COc1cc(Nc2nccc(NC(=O)OCCc3ccccc3-c3cccc(C)c3C)n2)ccc1OCCN1CCN(C)CC1. The van der Waals surface area contributed by atoms with Gasteiger partial charge in [-0.05, 0) is 66.9 Å². The molecular formula is C35H42N6O4. The highest BCUT2D eigenvalue weighted by molar-refractivity contribution is 5.83. The zero-order valence-electron chi connectivity index (χ0n) is 26.5. The molecule has 1 aromatic heterocycles. The van der Waals surface area contributed by atoms with Crippen molar-refractivity contribution in [2.75, 3.05) is 70.7 Å². The minimum absolute atomic E-state index is 0.230. The van der Waals surface area contributed by atoms with E-state index in [0.29, 0.717) is 36.3 Å². The molecule has 1 fully saturated rings. The maximum Gasteiger partial charge on any atom is 0.412 e. The number of piperazine rings is 1. The van der Waals surface area contributed by atoms with Gasteiger partial charge in [-0.25, -0.2) is 9.78 Å². The Morgan fingerprint density at radius 1 is 0.911 bits per heavy atom. The molecule has 0 atom stereocenters. The van der Waals surface area contributed by atoms with Gasteiger partial charge in [-0.3, -0.25) is 10.2 Å². The number of carbonyl (C=O) groups is 1. The van der Waals surface area contributed by atoms with Gasteiger partial charge in [0.25, 0.3) is 0 Å². The monoisotopic (exact) mass is 610 g/mol. The summed E-state index contributed by atoms with van der Waals surface area (Å²) < 4.78 is 17.1. The van der Waals surface area contributed by atoms with Gasteiger partial charge in [0.1, 0.15) is 12.4 Å². The molecule has 4 aromatic rings. The normalized spacial score (nSPS) is 13.7. The van der Waals surface area contributed by atoms with Gasteiger partial charge in [0.15, 0.2) is 11.5 Å². The average molecular weight is 611 g/mol. The number of benzene rings is 3. The molecule has 3 aromatic carbocycles. The van der Waals surface area contributed by atoms with Crippen LogP contribution in [-0.2, 0) is 11.2 Å². The van der Waals surface area contributed by atoms with E-state index in [9.17, 15) is 4.79 Å². The topological polar surface area (TPSA) is 101 Å². The van der Waals surface area contributed by atoms with Crippen molar-refractivity contribution in [2.24, 2.45) is 0 Å². The number of methoxy groups -OCH3 is 1. The summed E-state index contributed by atoms with van der Waals surface area (Å²) in [6.07, 6.45) is 1.58. The van der Waals surface area contributed by atoms with E-state index in [1.807, 2.05) is 30.3 Å². The van der Waals surface area contributed by atoms with Gasteiger partial charge in [0, 0.05) is 57.1 Å². The Balaban J connectivity index is 1.12. The van der Waals surface area contributed by atoms with Crippen LogP contribution in [0.3, 0.4) is 0 Å². The lowest BCUT2D eigenvalue weighted by molar-refractivity contribution is 0.133. The third-order valence-corrected chi connectivity index (χ3v) is 8.08. The summed E-state index contributed by atoms with van der Waals surface area (Å²) in [6.45, 7) is 10.2. The second kappa shape index (κ2) is 15.4. The molecule has 236 valence electrons. The standard InChI is InChI=1S/C35H42N6O4/c1-25-8-7-11-29(26(25)2)30-10-6-5-9-27(30)15-22-45-35(42)39-33-14-16-36-34(38-33)37-28-12-13-31(32(24-28)43-4)44-23-21-41-19-17-40(3)18-20-41/h5-14,16,24H,15,17-23H2,1-4H3,(H2,36,37,38,39,42). The van der Waals surface area contributed by atoms with Crippen molar-refractivity contribution in [3.63, 3.8) is 0 Å². The minimum Gasteiger partial charge on any atom is -0.493 e. The van der Waals surface area contributed by atoms with Crippen molar-refractivity contribution >= 4 is 23.5 Å². The van der Waals surface area contributed by atoms with E-state index in [0.717, 1.165) is 49.5 Å².